The summed E-state index contributed by atoms with van der Waals surface area (Å²) in [6.07, 6.45) is 7.09. The van der Waals surface area contributed by atoms with Gasteiger partial charge in [-0.25, -0.2) is 4.98 Å². The van der Waals surface area contributed by atoms with Crippen LogP contribution in [0, 0.1) is 5.92 Å². The fourth-order valence-electron chi connectivity index (χ4n) is 2.07. The van der Waals surface area contributed by atoms with Gasteiger partial charge in [-0.2, -0.15) is 0 Å². The lowest BCUT2D eigenvalue weighted by Gasteiger charge is -2.30. The molecule has 1 aromatic heterocycles. The quantitative estimate of drug-likeness (QED) is 0.725. The Bertz CT molecular complexity index is 360. The molecule has 0 N–H and O–H groups in total. The van der Waals surface area contributed by atoms with Gasteiger partial charge in [-0.15, -0.1) is 0 Å². The van der Waals surface area contributed by atoms with E-state index in [9.17, 15) is 4.79 Å². The van der Waals surface area contributed by atoms with Crippen molar-refractivity contribution in [2.45, 2.75) is 59.4 Å². The molecule has 1 amide bonds. The average Bonchev–Trinajstić information content (AvgIpc) is 2.89. The normalized spacial score (nSPS) is 12.7. The first-order valence-corrected chi connectivity index (χ1v) is 7.25. The minimum Gasteiger partial charge on any atom is -0.449 e. The third-order valence-corrected chi connectivity index (χ3v) is 3.32. The summed E-state index contributed by atoms with van der Waals surface area (Å²) in [5.41, 5.74) is 0. The zero-order chi connectivity index (χ0) is 14.3. The highest BCUT2D eigenvalue weighted by Crippen LogP contribution is 2.13. The summed E-state index contributed by atoms with van der Waals surface area (Å²) < 4.78 is 5.24. The van der Waals surface area contributed by atoms with Crippen LogP contribution in [0.25, 0.3) is 0 Å². The largest absolute Gasteiger partial charge is 0.449 e. The Labute approximate surface area is 116 Å². The smallest absolute Gasteiger partial charge is 0.225 e. The maximum absolute atomic E-state index is 12.2. The predicted molar refractivity (Wildman–Crippen MR) is 75.7 cm³/mol. The van der Waals surface area contributed by atoms with E-state index in [-0.39, 0.29) is 17.9 Å². The molecule has 0 fully saturated rings. The summed E-state index contributed by atoms with van der Waals surface area (Å²) in [5.74, 6) is 1.05. The highest BCUT2D eigenvalue weighted by Gasteiger charge is 2.22. The lowest BCUT2D eigenvalue weighted by atomic mass is 10.1. The Morgan fingerprint density at radius 1 is 1.42 bits per heavy atom. The standard InChI is InChI=1S/C15H26N2O2/c1-5-6-10-17(15(18)12(2)3)13(4)7-8-14-16-9-11-19-14/h9,11-13H,5-8,10H2,1-4H3. The zero-order valence-electron chi connectivity index (χ0n) is 12.6. The molecule has 0 aliphatic rings. The Morgan fingerprint density at radius 3 is 2.68 bits per heavy atom. The van der Waals surface area contributed by atoms with Crippen molar-refractivity contribution < 1.29 is 9.21 Å². The number of hydrogen-bond donors (Lipinski definition) is 0. The Hall–Kier alpha value is -1.32. The fraction of sp³-hybridized carbons (Fsp3) is 0.733. The maximum Gasteiger partial charge on any atom is 0.225 e. The Kier molecular flexibility index (Phi) is 6.60. The second-order valence-electron chi connectivity index (χ2n) is 5.35. The first-order chi connectivity index (χ1) is 9.06. The molecule has 4 heteroatoms. The molecule has 0 bridgehead atoms. The average molecular weight is 266 g/mol. The summed E-state index contributed by atoms with van der Waals surface area (Å²) in [6, 6.07) is 0.230. The lowest BCUT2D eigenvalue weighted by molar-refractivity contribution is -0.136. The molecule has 0 radical (unpaired) electrons. The van der Waals surface area contributed by atoms with Crippen LogP contribution in [0.1, 0.15) is 52.8 Å². The van der Waals surface area contributed by atoms with Gasteiger partial charge in [0.1, 0.15) is 6.26 Å². The van der Waals surface area contributed by atoms with Gasteiger partial charge in [-0.1, -0.05) is 27.2 Å². The van der Waals surface area contributed by atoms with Gasteiger partial charge in [0.2, 0.25) is 5.91 Å². The number of aryl methyl sites for hydroxylation is 1. The van der Waals surface area contributed by atoms with Gasteiger partial charge in [0.05, 0.1) is 6.20 Å². The van der Waals surface area contributed by atoms with Crippen LogP contribution in [-0.2, 0) is 11.2 Å². The van der Waals surface area contributed by atoms with Crippen molar-refractivity contribution in [1.82, 2.24) is 9.88 Å². The van der Waals surface area contributed by atoms with Crippen LogP contribution in [0.15, 0.2) is 16.9 Å². The van der Waals surface area contributed by atoms with Crippen LogP contribution < -0.4 is 0 Å². The third-order valence-electron chi connectivity index (χ3n) is 3.32. The first kappa shape index (κ1) is 15.7. The number of amides is 1. The molecule has 1 unspecified atom stereocenters. The molecule has 1 aromatic rings. The number of hydrogen-bond acceptors (Lipinski definition) is 3. The van der Waals surface area contributed by atoms with Gasteiger partial charge in [-0.05, 0) is 19.8 Å². The molecular weight excluding hydrogens is 240 g/mol. The van der Waals surface area contributed by atoms with Crippen LogP contribution in [0.3, 0.4) is 0 Å². The van der Waals surface area contributed by atoms with Crippen LogP contribution in [0.4, 0.5) is 0 Å². The Morgan fingerprint density at radius 2 is 2.16 bits per heavy atom. The number of unbranched alkanes of at least 4 members (excludes halogenated alkanes) is 1. The zero-order valence-corrected chi connectivity index (χ0v) is 12.6. The van der Waals surface area contributed by atoms with Crippen molar-refractivity contribution in [3.05, 3.63) is 18.4 Å². The van der Waals surface area contributed by atoms with E-state index in [1.54, 1.807) is 12.5 Å². The molecule has 0 aliphatic heterocycles. The number of oxazole rings is 1. The van der Waals surface area contributed by atoms with E-state index in [1.165, 1.54) is 0 Å². The molecule has 0 saturated heterocycles. The van der Waals surface area contributed by atoms with Crippen LogP contribution in [0.2, 0.25) is 0 Å². The van der Waals surface area contributed by atoms with E-state index in [0.29, 0.717) is 0 Å². The van der Waals surface area contributed by atoms with Crippen molar-refractivity contribution in [3.8, 4) is 0 Å². The van der Waals surface area contributed by atoms with Crippen LogP contribution in [0.5, 0.6) is 0 Å². The molecule has 19 heavy (non-hydrogen) atoms. The molecule has 1 atom stereocenters. The van der Waals surface area contributed by atoms with Crippen molar-refractivity contribution >= 4 is 5.91 Å². The monoisotopic (exact) mass is 266 g/mol. The molecule has 0 saturated carbocycles. The second-order valence-corrected chi connectivity index (χ2v) is 5.35. The summed E-state index contributed by atoms with van der Waals surface area (Å²) in [7, 11) is 0. The third kappa shape index (κ3) is 5.05. The first-order valence-electron chi connectivity index (χ1n) is 7.25. The predicted octanol–water partition coefficient (Wildman–Crippen LogP) is 3.28. The summed E-state index contributed by atoms with van der Waals surface area (Å²) in [6.45, 7) is 9.03. The molecule has 4 nitrogen and oxygen atoms in total. The van der Waals surface area contributed by atoms with Crippen molar-refractivity contribution in [2.24, 2.45) is 5.92 Å². The summed E-state index contributed by atoms with van der Waals surface area (Å²) in [4.78, 5) is 18.4. The van der Waals surface area contributed by atoms with E-state index in [1.807, 2.05) is 18.7 Å². The van der Waals surface area contributed by atoms with Gasteiger partial charge in [0.15, 0.2) is 5.89 Å². The van der Waals surface area contributed by atoms with Crippen molar-refractivity contribution in [2.75, 3.05) is 6.54 Å². The highest BCUT2D eigenvalue weighted by atomic mass is 16.3. The highest BCUT2D eigenvalue weighted by molar-refractivity contribution is 5.78. The van der Waals surface area contributed by atoms with Crippen LogP contribution >= 0.6 is 0 Å². The number of rotatable bonds is 8. The molecule has 1 rings (SSSR count). The van der Waals surface area contributed by atoms with Gasteiger partial charge in [-0.3, -0.25) is 4.79 Å². The number of carbonyl (C=O) groups excluding carboxylic acids is 1. The SMILES string of the molecule is CCCCN(C(=O)C(C)C)C(C)CCc1ncco1. The van der Waals surface area contributed by atoms with Gasteiger partial charge in [0, 0.05) is 24.9 Å². The minimum atomic E-state index is 0.0565. The number of aromatic nitrogens is 1. The van der Waals surface area contributed by atoms with Gasteiger partial charge >= 0.3 is 0 Å². The molecule has 1 heterocycles. The fourth-order valence-corrected chi connectivity index (χ4v) is 2.07. The molecule has 0 spiro atoms. The Balaban J connectivity index is 2.54. The molecule has 0 aromatic carbocycles. The minimum absolute atomic E-state index is 0.0565. The molecular formula is C15H26N2O2. The van der Waals surface area contributed by atoms with E-state index in [2.05, 4.69) is 18.8 Å². The summed E-state index contributed by atoms with van der Waals surface area (Å²) in [5, 5.41) is 0. The van der Waals surface area contributed by atoms with E-state index < -0.39 is 0 Å². The van der Waals surface area contributed by atoms with Crippen LogP contribution in [-0.4, -0.2) is 28.4 Å². The number of nitrogens with zero attached hydrogens (tertiary/aromatic N) is 2. The van der Waals surface area contributed by atoms with E-state index in [0.717, 1.165) is 38.1 Å². The van der Waals surface area contributed by atoms with Gasteiger partial charge < -0.3 is 9.32 Å². The van der Waals surface area contributed by atoms with E-state index >= 15 is 0 Å². The molecule has 0 aliphatic carbocycles. The van der Waals surface area contributed by atoms with E-state index in [4.69, 9.17) is 4.42 Å². The topological polar surface area (TPSA) is 46.3 Å². The second kappa shape index (κ2) is 7.97. The number of carbonyl (C=O) groups is 1. The van der Waals surface area contributed by atoms with Crippen molar-refractivity contribution in [3.63, 3.8) is 0 Å². The maximum atomic E-state index is 12.2. The summed E-state index contributed by atoms with van der Waals surface area (Å²) >= 11 is 0. The van der Waals surface area contributed by atoms with Gasteiger partial charge in [0.25, 0.3) is 0 Å². The lowest BCUT2D eigenvalue weighted by Crippen LogP contribution is -2.41. The van der Waals surface area contributed by atoms with Crippen molar-refractivity contribution in [1.29, 1.82) is 0 Å². The molecule has 108 valence electrons.